The van der Waals surface area contributed by atoms with Crippen molar-refractivity contribution in [2.75, 3.05) is 24.3 Å². The predicted molar refractivity (Wildman–Crippen MR) is 129 cm³/mol. The molecule has 0 aliphatic carbocycles. The minimum Gasteiger partial charge on any atom is -0.493 e. The molecule has 5 rings (SSSR count). The number of nitrogens with two attached hydrogens (primary N) is 1. The van der Waals surface area contributed by atoms with Crippen molar-refractivity contribution < 1.29 is 27.4 Å². The lowest BCUT2D eigenvalue weighted by Gasteiger charge is -2.12. The van der Waals surface area contributed by atoms with Crippen molar-refractivity contribution in [3.63, 3.8) is 0 Å². The Balaban J connectivity index is 1.53. The maximum absolute atomic E-state index is 13.0. The van der Waals surface area contributed by atoms with Crippen LogP contribution < -0.4 is 15.8 Å². The SMILES string of the molecule is CCOc1cc(C(=O)Nc2cc(C(F)(F)F)ccn2)ccc1-c1nc([C@@H]2CCCO2)n2ccnc(N)c12. The summed E-state index contributed by atoms with van der Waals surface area (Å²) in [6.07, 6.45) is 1.34. The van der Waals surface area contributed by atoms with E-state index in [1.54, 1.807) is 25.4 Å². The molecular weight excluding hydrogens is 489 g/mol. The number of benzene rings is 1. The summed E-state index contributed by atoms with van der Waals surface area (Å²) in [6.45, 7) is 2.73. The number of carbonyl (C=O) groups excluding carboxylic acids is 1. The molecule has 0 bridgehead atoms. The molecule has 0 spiro atoms. The molecule has 192 valence electrons. The summed E-state index contributed by atoms with van der Waals surface area (Å²) in [6, 6.07) is 6.30. The molecule has 1 fully saturated rings. The van der Waals surface area contributed by atoms with Gasteiger partial charge < -0.3 is 20.5 Å². The summed E-state index contributed by atoms with van der Waals surface area (Å²) >= 11 is 0. The number of nitrogens with zero attached hydrogens (tertiary/aromatic N) is 4. The summed E-state index contributed by atoms with van der Waals surface area (Å²) in [7, 11) is 0. The summed E-state index contributed by atoms with van der Waals surface area (Å²) in [5.41, 5.74) is 7.17. The fourth-order valence-corrected chi connectivity index (χ4v) is 4.28. The normalized spacial score (nSPS) is 15.7. The summed E-state index contributed by atoms with van der Waals surface area (Å²) < 4.78 is 52.6. The molecule has 4 aromatic rings. The Labute approximate surface area is 209 Å². The monoisotopic (exact) mass is 512 g/mol. The van der Waals surface area contributed by atoms with Gasteiger partial charge in [-0.2, -0.15) is 13.2 Å². The van der Waals surface area contributed by atoms with Crippen LogP contribution in [0.4, 0.5) is 24.8 Å². The molecule has 1 atom stereocenters. The second-order valence-electron chi connectivity index (χ2n) is 8.38. The average Bonchev–Trinajstić information content (AvgIpc) is 3.53. The number of pyridine rings is 1. The smallest absolute Gasteiger partial charge is 0.416 e. The second-order valence-corrected chi connectivity index (χ2v) is 8.38. The third-order valence-electron chi connectivity index (χ3n) is 5.96. The van der Waals surface area contributed by atoms with Gasteiger partial charge in [0.05, 0.1) is 12.2 Å². The van der Waals surface area contributed by atoms with Gasteiger partial charge in [0, 0.05) is 36.3 Å². The summed E-state index contributed by atoms with van der Waals surface area (Å²) in [4.78, 5) is 25.7. The van der Waals surface area contributed by atoms with Crippen molar-refractivity contribution >= 4 is 23.1 Å². The number of carbonyl (C=O) groups is 1. The third kappa shape index (κ3) is 4.79. The highest BCUT2D eigenvalue weighted by Gasteiger charge is 2.31. The van der Waals surface area contributed by atoms with Crippen LogP contribution in [-0.2, 0) is 10.9 Å². The van der Waals surface area contributed by atoms with Crippen molar-refractivity contribution in [1.82, 2.24) is 19.4 Å². The van der Waals surface area contributed by atoms with E-state index in [1.165, 1.54) is 12.1 Å². The van der Waals surface area contributed by atoms with Gasteiger partial charge in [-0.1, -0.05) is 0 Å². The van der Waals surface area contributed by atoms with Crippen LogP contribution in [-0.4, -0.2) is 38.5 Å². The minimum absolute atomic E-state index is 0.167. The number of nitrogens with one attached hydrogen (secondary N) is 1. The minimum atomic E-state index is -4.56. The standard InChI is InChI=1S/C25H23F3N6O3/c1-2-36-18-12-14(24(35)32-19-13-15(7-8-30-19)25(26,27)28)5-6-16(18)20-21-22(29)31-9-10-34(21)23(33-20)17-4-3-11-37-17/h5-10,12-13,17H,2-4,11H2,1H3,(H2,29,31)(H,30,32,35)/t17-/m0/s1. The molecule has 9 nitrogen and oxygen atoms in total. The molecule has 1 aromatic carbocycles. The van der Waals surface area contributed by atoms with Crippen LogP contribution >= 0.6 is 0 Å². The van der Waals surface area contributed by atoms with E-state index in [9.17, 15) is 18.0 Å². The molecule has 0 saturated carbocycles. The van der Waals surface area contributed by atoms with Crippen LogP contribution in [0, 0.1) is 0 Å². The first-order chi connectivity index (χ1) is 17.8. The first-order valence-electron chi connectivity index (χ1n) is 11.6. The Morgan fingerprint density at radius 3 is 2.81 bits per heavy atom. The summed E-state index contributed by atoms with van der Waals surface area (Å²) in [5, 5.41) is 2.41. The van der Waals surface area contributed by atoms with Crippen LogP contribution in [0.3, 0.4) is 0 Å². The maximum Gasteiger partial charge on any atom is 0.416 e. The van der Waals surface area contributed by atoms with Gasteiger partial charge >= 0.3 is 6.18 Å². The number of fused-ring (bicyclic) bond motifs is 1. The molecular formula is C25H23F3N6O3. The molecule has 12 heteroatoms. The lowest BCUT2D eigenvalue weighted by molar-refractivity contribution is -0.137. The number of imidazole rings is 1. The maximum atomic E-state index is 13.0. The fourth-order valence-electron chi connectivity index (χ4n) is 4.28. The van der Waals surface area contributed by atoms with Crippen molar-refractivity contribution in [3.8, 4) is 17.0 Å². The number of hydrogen-bond acceptors (Lipinski definition) is 7. The van der Waals surface area contributed by atoms with Gasteiger partial charge in [-0.3, -0.25) is 9.20 Å². The topological polar surface area (TPSA) is 117 Å². The van der Waals surface area contributed by atoms with E-state index in [0.717, 1.165) is 31.2 Å². The van der Waals surface area contributed by atoms with Gasteiger partial charge in [0.15, 0.2) is 0 Å². The molecule has 0 radical (unpaired) electrons. The second kappa shape index (κ2) is 9.69. The first-order valence-corrected chi connectivity index (χ1v) is 11.6. The van der Waals surface area contributed by atoms with Gasteiger partial charge in [0.25, 0.3) is 5.91 Å². The van der Waals surface area contributed by atoms with Crippen molar-refractivity contribution in [1.29, 1.82) is 0 Å². The lowest BCUT2D eigenvalue weighted by atomic mass is 10.1. The number of ether oxygens (including phenoxy) is 2. The van der Waals surface area contributed by atoms with Crippen LogP contribution in [0.2, 0.25) is 0 Å². The zero-order chi connectivity index (χ0) is 26.2. The van der Waals surface area contributed by atoms with Crippen LogP contribution in [0.25, 0.3) is 16.8 Å². The average molecular weight is 512 g/mol. The van der Waals surface area contributed by atoms with Crippen LogP contribution in [0.5, 0.6) is 5.75 Å². The molecule has 1 saturated heterocycles. The predicted octanol–water partition coefficient (Wildman–Crippen LogP) is 4.89. The van der Waals surface area contributed by atoms with E-state index >= 15 is 0 Å². The zero-order valence-electron chi connectivity index (χ0n) is 19.7. The number of amides is 1. The van der Waals surface area contributed by atoms with E-state index < -0.39 is 17.6 Å². The number of halogens is 3. The van der Waals surface area contributed by atoms with Gasteiger partial charge in [0.2, 0.25) is 0 Å². The van der Waals surface area contributed by atoms with Crippen LogP contribution in [0.1, 0.15) is 47.6 Å². The van der Waals surface area contributed by atoms with Gasteiger partial charge in [-0.15, -0.1) is 0 Å². The highest BCUT2D eigenvalue weighted by Crippen LogP contribution is 2.38. The van der Waals surface area contributed by atoms with E-state index in [0.29, 0.717) is 41.6 Å². The largest absolute Gasteiger partial charge is 0.493 e. The Kier molecular flexibility index (Phi) is 6.42. The lowest BCUT2D eigenvalue weighted by Crippen LogP contribution is -2.14. The van der Waals surface area contributed by atoms with E-state index in [4.69, 9.17) is 20.2 Å². The quantitative estimate of drug-likeness (QED) is 0.378. The fraction of sp³-hybridized carbons (Fsp3) is 0.280. The molecule has 1 amide bonds. The first kappa shape index (κ1) is 24.5. The Morgan fingerprint density at radius 2 is 2.08 bits per heavy atom. The molecule has 4 heterocycles. The van der Waals surface area contributed by atoms with Crippen molar-refractivity contribution in [2.24, 2.45) is 0 Å². The Bertz CT molecular complexity index is 1460. The number of anilines is 2. The van der Waals surface area contributed by atoms with Crippen LogP contribution in [0.15, 0.2) is 48.9 Å². The van der Waals surface area contributed by atoms with E-state index in [1.807, 2.05) is 4.40 Å². The number of rotatable bonds is 6. The Morgan fingerprint density at radius 1 is 1.24 bits per heavy atom. The zero-order valence-corrected chi connectivity index (χ0v) is 19.7. The summed E-state index contributed by atoms with van der Waals surface area (Å²) in [5.74, 6) is 0.456. The third-order valence-corrected chi connectivity index (χ3v) is 5.96. The van der Waals surface area contributed by atoms with E-state index in [2.05, 4.69) is 15.3 Å². The van der Waals surface area contributed by atoms with Gasteiger partial charge in [0.1, 0.15) is 40.5 Å². The highest BCUT2D eigenvalue weighted by molar-refractivity contribution is 6.04. The Hall–Kier alpha value is -4.19. The van der Waals surface area contributed by atoms with Crippen molar-refractivity contribution in [2.45, 2.75) is 32.0 Å². The molecule has 0 unspecified atom stereocenters. The van der Waals surface area contributed by atoms with Crippen molar-refractivity contribution in [3.05, 3.63) is 65.9 Å². The van der Waals surface area contributed by atoms with Gasteiger partial charge in [-0.25, -0.2) is 15.0 Å². The van der Waals surface area contributed by atoms with Gasteiger partial charge in [-0.05, 0) is 50.1 Å². The molecule has 1 aliphatic heterocycles. The molecule has 3 aromatic heterocycles. The number of nitrogen functional groups attached to an aromatic ring is 1. The number of hydrogen-bond donors (Lipinski definition) is 2. The number of alkyl halides is 3. The molecule has 1 aliphatic rings. The number of aromatic nitrogens is 4. The highest BCUT2D eigenvalue weighted by atomic mass is 19.4. The molecule has 3 N–H and O–H groups in total. The molecule has 37 heavy (non-hydrogen) atoms. The van der Waals surface area contributed by atoms with E-state index in [-0.39, 0.29) is 23.3 Å².